The number of carboxylic acids is 1. The molecule has 1 aliphatic heterocycles. The molecular weight excluding hydrogens is 506 g/mol. The highest BCUT2D eigenvalue weighted by molar-refractivity contribution is 6.10. The Kier molecular flexibility index (Phi) is 7.72. The van der Waals surface area contributed by atoms with Crippen molar-refractivity contribution in [1.29, 1.82) is 0 Å². The lowest BCUT2D eigenvalue weighted by atomic mass is 9.94. The summed E-state index contributed by atoms with van der Waals surface area (Å²) in [4.78, 5) is 40.9. The van der Waals surface area contributed by atoms with Crippen LogP contribution in [-0.4, -0.2) is 38.2 Å². The number of carbonyl (C=O) groups excluding carboxylic acids is 2. The zero-order valence-corrected chi connectivity index (χ0v) is 22.5. The molecule has 1 aromatic heterocycles. The first-order chi connectivity index (χ1) is 19.3. The molecule has 1 unspecified atom stereocenters. The summed E-state index contributed by atoms with van der Waals surface area (Å²) in [5.74, 6) is -0.653. The molecule has 0 spiro atoms. The largest absolute Gasteiger partial charge is 0.478 e. The van der Waals surface area contributed by atoms with Gasteiger partial charge in [0.2, 0.25) is 5.91 Å². The summed E-state index contributed by atoms with van der Waals surface area (Å²) in [6.45, 7) is 4.77. The fraction of sp³-hybridized carbons (Fsp3) is 0.258. The van der Waals surface area contributed by atoms with E-state index in [2.05, 4.69) is 33.4 Å². The molecule has 0 bridgehead atoms. The zero-order chi connectivity index (χ0) is 28.2. The third-order valence-electron chi connectivity index (χ3n) is 7.09. The number of amides is 2. The highest BCUT2D eigenvalue weighted by atomic mass is 16.4. The second kappa shape index (κ2) is 11.5. The van der Waals surface area contributed by atoms with Crippen molar-refractivity contribution < 1.29 is 19.5 Å². The number of nitrogens with zero attached hydrogens (tertiary/aromatic N) is 3. The number of aromatic carboxylic acids is 1. The van der Waals surface area contributed by atoms with Gasteiger partial charge in [-0.25, -0.2) is 15.2 Å². The Morgan fingerprint density at radius 3 is 2.52 bits per heavy atom. The van der Waals surface area contributed by atoms with Gasteiger partial charge >= 0.3 is 5.97 Å². The van der Waals surface area contributed by atoms with Crippen LogP contribution in [0.4, 0.5) is 5.69 Å². The topological polar surface area (TPSA) is 126 Å². The van der Waals surface area contributed by atoms with Crippen LogP contribution >= 0.6 is 0 Å². The van der Waals surface area contributed by atoms with E-state index in [1.165, 1.54) is 12.1 Å². The molecule has 0 saturated carbocycles. The number of aromatic nitrogens is 2. The third kappa shape index (κ3) is 5.63. The molecule has 0 aliphatic carbocycles. The predicted molar refractivity (Wildman–Crippen MR) is 154 cm³/mol. The summed E-state index contributed by atoms with van der Waals surface area (Å²) < 4.78 is 2.22. The molecule has 2 heterocycles. The number of hydrogen-bond acceptors (Lipinski definition) is 5. The number of nitrogens with one attached hydrogen (secondary N) is 2. The average Bonchev–Trinajstić information content (AvgIpc) is 3.29. The highest BCUT2D eigenvalue weighted by Crippen LogP contribution is 2.25. The number of hydrazone groups is 1. The maximum Gasteiger partial charge on any atom is 0.336 e. The van der Waals surface area contributed by atoms with E-state index in [-0.39, 0.29) is 23.0 Å². The van der Waals surface area contributed by atoms with E-state index < -0.39 is 11.9 Å². The van der Waals surface area contributed by atoms with Crippen molar-refractivity contribution in [3.8, 4) is 0 Å². The summed E-state index contributed by atoms with van der Waals surface area (Å²) in [6, 6.07) is 19.8. The van der Waals surface area contributed by atoms with Crippen LogP contribution in [0.15, 0.2) is 71.8 Å². The standard InChI is InChI=1S/C31H31N5O4/c1-3-4-9-27-33-25-17-21(29-19(2)16-28(37)34-35-29)12-15-26(25)36(27)18-20-10-13-22(14-11-20)32-30(38)23-7-5-6-8-24(23)31(39)40/h5-8,10-15,17,19H,3-4,9,16,18H2,1-2H3,(H,32,38)(H,34,37)(H,39,40). The minimum atomic E-state index is -1.15. The van der Waals surface area contributed by atoms with Crippen molar-refractivity contribution in [2.75, 3.05) is 5.32 Å². The number of carbonyl (C=O) groups is 3. The maximum absolute atomic E-state index is 12.7. The molecule has 0 saturated heterocycles. The van der Waals surface area contributed by atoms with Crippen molar-refractivity contribution in [3.05, 3.63) is 94.8 Å². The summed E-state index contributed by atoms with van der Waals surface area (Å²) >= 11 is 0. The average molecular weight is 538 g/mol. The fourth-order valence-electron chi connectivity index (χ4n) is 4.99. The molecular formula is C31H31N5O4. The molecule has 40 heavy (non-hydrogen) atoms. The monoisotopic (exact) mass is 537 g/mol. The molecule has 1 atom stereocenters. The van der Waals surface area contributed by atoms with Gasteiger partial charge < -0.3 is 15.0 Å². The molecule has 204 valence electrons. The number of anilines is 1. The van der Waals surface area contributed by atoms with Crippen LogP contribution in [0.3, 0.4) is 0 Å². The second-order valence-electron chi connectivity index (χ2n) is 10.1. The quantitative estimate of drug-likeness (QED) is 0.269. The lowest BCUT2D eigenvalue weighted by Gasteiger charge is -2.19. The van der Waals surface area contributed by atoms with E-state index in [0.29, 0.717) is 18.7 Å². The van der Waals surface area contributed by atoms with Gasteiger partial charge in [0, 0.05) is 36.6 Å². The SMILES string of the molecule is CCCCc1nc2cc(C3=NNC(=O)CC3C)ccc2n1Cc1ccc(NC(=O)c2ccccc2C(=O)O)cc1. The smallest absolute Gasteiger partial charge is 0.336 e. The van der Waals surface area contributed by atoms with Crippen molar-refractivity contribution in [3.63, 3.8) is 0 Å². The highest BCUT2D eigenvalue weighted by Gasteiger charge is 2.23. The number of imidazole rings is 1. The molecule has 2 amide bonds. The minimum absolute atomic E-state index is 0.0319. The van der Waals surface area contributed by atoms with Gasteiger partial charge in [0.25, 0.3) is 5.91 Å². The van der Waals surface area contributed by atoms with Crippen LogP contribution < -0.4 is 10.7 Å². The Labute approximate surface area is 231 Å². The predicted octanol–water partition coefficient (Wildman–Crippen LogP) is 5.24. The molecule has 1 aliphatic rings. The van der Waals surface area contributed by atoms with Gasteiger partial charge in [0.15, 0.2) is 0 Å². The van der Waals surface area contributed by atoms with Crippen LogP contribution in [0.25, 0.3) is 11.0 Å². The zero-order valence-electron chi connectivity index (χ0n) is 22.5. The van der Waals surface area contributed by atoms with Crippen LogP contribution in [0.2, 0.25) is 0 Å². The Hall–Kier alpha value is -4.79. The second-order valence-corrected chi connectivity index (χ2v) is 10.1. The lowest BCUT2D eigenvalue weighted by molar-refractivity contribution is -0.121. The molecule has 3 N–H and O–H groups in total. The van der Waals surface area contributed by atoms with Crippen molar-refractivity contribution in [2.45, 2.75) is 46.1 Å². The van der Waals surface area contributed by atoms with E-state index >= 15 is 0 Å². The third-order valence-corrected chi connectivity index (χ3v) is 7.09. The number of carboxylic acid groups (broad SMARTS) is 1. The Balaban J connectivity index is 1.38. The number of aryl methyl sites for hydroxylation is 1. The Morgan fingerprint density at radius 2 is 1.82 bits per heavy atom. The molecule has 9 nitrogen and oxygen atoms in total. The molecule has 0 fully saturated rings. The maximum atomic E-state index is 12.7. The first-order valence-electron chi connectivity index (χ1n) is 13.4. The first-order valence-corrected chi connectivity index (χ1v) is 13.4. The van der Waals surface area contributed by atoms with Crippen LogP contribution in [0.1, 0.15) is 70.8 Å². The summed E-state index contributed by atoms with van der Waals surface area (Å²) in [6.07, 6.45) is 3.34. The number of fused-ring (bicyclic) bond motifs is 1. The van der Waals surface area contributed by atoms with E-state index in [9.17, 15) is 19.5 Å². The van der Waals surface area contributed by atoms with Gasteiger partial charge in [0.05, 0.1) is 27.9 Å². The molecule has 4 aromatic rings. The van der Waals surface area contributed by atoms with Crippen molar-refractivity contribution in [2.24, 2.45) is 11.0 Å². The summed E-state index contributed by atoms with van der Waals surface area (Å²) in [7, 11) is 0. The van der Waals surface area contributed by atoms with Crippen LogP contribution in [-0.2, 0) is 17.8 Å². The van der Waals surface area contributed by atoms with Gasteiger partial charge in [-0.05, 0) is 48.4 Å². The molecule has 0 radical (unpaired) electrons. The first kappa shape index (κ1) is 26.8. The summed E-state index contributed by atoms with van der Waals surface area (Å²) in [5, 5.41) is 16.5. The number of unbranched alkanes of at least 4 members (excludes halogenated alkanes) is 1. The van der Waals surface area contributed by atoms with Gasteiger partial charge in [-0.15, -0.1) is 0 Å². The number of benzene rings is 3. The van der Waals surface area contributed by atoms with Gasteiger partial charge in [-0.3, -0.25) is 9.59 Å². The minimum Gasteiger partial charge on any atom is -0.478 e. The van der Waals surface area contributed by atoms with E-state index in [1.54, 1.807) is 12.1 Å². The fourth-order valence-corrected chi connectivity index (χ4v) is 4.99. The summed E-state index contributed by atoms with van der Waals surface area (Å²) in [5.41, 5.74) is 7.99. The van der Waals surface area contributed by atoms with Crippen molar-refractivity contribution >= 4 is 40.2 Å². The van der Waals surface area contributed by atoms with E-state index in [4.69, 9.17) is 4.98 Å². The lowest BCUT2D eigenvalue weighted by Crippen LogP contribution is -2.31. The van der Waals surface area contributed by atoms with Crippen LogP contribution in [0, 0.1) is 5.92 Å². The van der Waals surface area contributed by atoms with Gasteiger partial charge in [-0.2, -0.15) is 5.10 Å². The number of rotatable bonds is 9. The normalized spacial score (nSPS) is 15.0. The molecule has 9 heteroatoms. The van der Waals surface area contributed by atoms with Crippen LogP contribution in [0.5, 0.6) is 0 Å². The van der Waals surface area contributed by atoms with Crippen molar-refractivity contribution in [1.82, 2.24) is 15.0 Å². The van der Waals surface area contributed by atoms with Gasteiger partial charge in [-0.1, -0.05) is 50.6 Å². The number of hydrogen-bond donors (Lipinski definition) is 3. The molecule has 3 aromatic carbocycles. The molecule has 5 rings (SSSR count). The Morgan fingerprint density at radius 1 is 1.07 bits per heavy atom. The van der Waals surface area contributed by atoms with Gasteiger partial charge in [0.1, 0.15) is 5.82 Å². The Bertz CT molecular complexity index is 1620. The van der Waals surface area contributed by atoms with E-state index in [1.807, 2.05) is 43.3 Å². The van der Waals surface area contributed by atoms with E-state index in [0.717, 1.165) is 53.0 Å².